The van der Waals surface area contributed by atoms with Crippen LogP contribution < -0.4 is 0 Å². The summed E-state index contributed by atoms with van der Waals surface area (Å²) in [4.78, 5) is 0.391. The van der Waals surface area contributed by atoms with Crippen LogP contribution in [0.1, 0.15) is 0 Å². The molecule has 0 fully saturated rings. The SMILES string of the molecule is FC(F)(F)n1nnc(Sc2ccccc2)n1. The third-order valence-corrected chi connectivity index (χ3v) is 2.43. The van der Waals surface area contributed by atoms with Crippen molar-refractivity contribution < 1.29 is 13.2 Å². The van der Waals surface area contributed by atoms with E-state index >= 15 is 0 Å². The highest BCUT2D eigenvalue weighted by Gasteiger charge is 2.34. The molecule has 2 rings (SSSR count). The van der Waals surface area contributed by atoms with E-state index in [-0.39, 0.29) is 9.95 Å². The van der Waals surface area contributed by atoms with Crippen LogP contribution in [-0.4, -0.2) is 20.2 Å². The van der Waals surface area contributed by atoms with Crippen molar-refractivity contribution in [2.45, 2.75) is 16.4 Å². The number of nitrogens with zero attached hydrogens (tertiary/aromatic N) is 4. The molecule has 84 valence electrons. The lowest BCUT2D eigenvalue weighted by Crippen LogP contribution is -2.19. The van der Waals surface area contributed by atoms with Crippen LogP contribution in [0.25, 0.3) is 0 Å². The Morgan fingerprint density at radius 2 is 1.81 bits per heavy atom. The van der Waals surface area contributed by atoms with Crippen LogP contribution in [0.5, 0.6) is 0 Å². The van der Waals surface area contributed by atoms with Gasteiger partial charge in [-0.3, -0.25) is 0 Å². The lowest BCUT2D eigenvalue weighted by molar-refractivity contribution is -0.222. The van der Waals surface area contributed by atoms with Gasteiger partial charge in [-0.2, -0.15) is 0 Å². The Balaban J connectivity index is 2.15. The van der Waals surface area contributed by atoms with Crippen LogP contribution in [0.3, 0.4) is 0 Å². The molecule has 1 heterocycles. The van der Waals surface area contributed by atoms with Crippen molar-refractivity contribution in [3.05, 3.63) is 30.3 Å². The lowest BCUT2D eigenvalue weighted by atomic mass is 10.4. The second-order valence-electron chi connectivity index (χ2n) is 2.74. The van der Waals surface area contributed by atoms with Crippen molar-refractivity contribution in [3.63, 3.8) is 0 Å². The average molecular weight is 246 g/mol. The molecule has 0 unspecified atom stereocenters. The molecule has 4 nitrogen and oxygen atoms in total. The Kier molecular flexibility index (Phi) is 2.82. The molecule has 16 heavy (non-hydrogen) atoms. The lowest BCUT2D eigenvalue weighted by Gasteiger charge is -2.00. The maximum Gasteiger partial charge on any atom is 0.522 e. The summed E-state index contributed by atoms with van der Waals surface area (Å²) in [5.74, 6) is 0. The van der Waals surface area contributed by atoms with Gasteiger partial charge in [0.05, 0.1) is 0 Å². The highest BCUT2D eigenvalue weighted by atomic mass is 32.2. The maximum atomic E-state index is 12.1. The fourth-order valence-electron chi connectivity index (χ4n) is 0.944. The first-order chi connectivity index (χ1) is 7.55. The molecule has 0 aliphatic heterocycles. The van der Waals surface area contributed by atoms with E-state index in [1.807, 2.05) is 6.07 Å². The number of rotatable bonds is 2. The molecule has 0 N–H and O–H groups in total. The van der Waals surface area contributed by atoms with E-state index in [2.05, 4.69) is 15.4 Å². The largest absolute Gasteiger partial charge is 0.522 e. The molecule has 0 aliphatic rings. The number of hydrogen-bond donors (Lipinski definition) is 0. The van der Waals surface area contributed by atoms with Gasteiger partial charge in [-0.25, -0.2) is 0 Å². The van der Waals surface area contributed by atoms with Gasteiger partial charge < -0.3 is 0 Å². The first kappa shape index (κ1) is 10.9. The molecule has 1 aromatic heterocycles. The van der Waals surface area contributed by atoms with Crippen molar-refractivity contribution in [1.29, 1.82) is 0 Å². The molecule has 1 aromatic carbocycles. The van der Waals surface area contributed by atoms with E-state index in [4.69, 9.17) is 0 Å². The normalized spacial score (nSPS) is 11.7. The van der Waals surface area contributed by atoms with Crippen LogP contribution in [0.15, 0.2) is 40.4 Å². The quantitative estimate of drug-likeness (QED) is 0.815. The van der Waals surface area contributed by atoms with Gasteiger partial charge in [0.2, 0.25) is 5.16 Å². The minimum atomic E-state index is -4.62. The minimum Gasteiger partial charge on any atom is -0.147 e. The summed E-state index contributed by atoms with van der Waals surface area (Å²) in [6, 6.07) is 8.86. The molecule has 0 spiro atoms. The molecule has 0 atom stereocenters. The number of aromatic nitrogens is 4. The predicted molar refractivity (Wildman–Crippen MR) is 49.7 cm³/mol. The standard InChI is InChI=1S/C8H5F3N4S/c9-8(10,11)15-13-7(12-14-15)16-6-4-2-1-3-5-6/h1-5H. The van der Waals surface area contributed by atoms with Crippen LogP contribution in [0.4, 0.5) is 13.2 Å². The van der Waals surface area contributed by atoms with Gasteiger partial charge in [-0.1, -0.05) is 23.0 Å². The Morgan fingerprint density at radius 3 is 2.38 bits per heavy atom. The molecular weight excluding hydrogens is 241 g/mol. The summed E-state index contributed by atoms with van der Waals surface area (Å²) in [6.45, 7) is 0. The fraction of sp³-hybridized carbons (Fsp3) is 0.125. The van der Waals surface area contributed by atoms with Crippen LogP contribution in [-0.2, 0) is 6.30 Å². The van der Waals surface area contributed by atoms with Crippen LogP contribution in [0.2, 0.25) is 0 Å². The van der Waals surface area contributed by atoms with Crippen LogP contribution >= 0.6 is 11.8 Å². The second-order valence-corrected chi connectivity index (χ2v) is 3.79. The molecule has 0 amide bonds. The molecule has 0 radical (unpaired) electrons. The van der Waals surface area contributed by atoms with Crippen LogP contribution in [0, 0.1) is 0 Å². The summed E-state index contributed by atoms with van der Waals surface area (Å²) in [7, 11) is 0. The summed E-state index contributed by atoms with van der Waals surface area (Å²) in [5.41, 5.74) is 0. The summed E-state index contributed by atoms with van der Waals surface area (Å²) in [6.07, 6.45) is -4.62. The zero-order valence-electron chi connectivity index (χ0n) is 7.72. The third kappa shape index (κ3) is 2.51. The van der Waals surface area contributed by atoms with Crippen molar-refractivity contribution >= 4 is 11.8 Å². The molecule has 2 aromatic rings. The summed E-state index contributed by atoms with van der Waals surface area (Å²) >= 11 is 1.02. The Hall–Kier alpha value is -1.57. The van der Waals surface area contributed by atoms with Gasteiger partial charge in [0.15, 0.2) is 0 Å². The van der Waals surface area contributed by atoms with E-state index in [1.54, 1.807) is 24.3 Å². The van der Waals surface area contributed by atoms with Gasteiger partial charge in [-0.15, -0.1) is 23.4 Å². The topological polar surface area (TPSA) is 43.6 Å². The van der Waals surface area contributed by atoms with Gasteiger partial charge in [0.25, 0.3) is 0 Å². The zero-order chi connectivity index (χ0) is 11.6. The second kappa shape index (κ2) is 4.12. The summed E-state index contributed by atoms with van der Waals surface area (Å²) < 4.78 is 36.4. The molecule has 0 saturated heterocycles. The maximum absolute atomic E-state index is 12.1. The number of benzene rings is 1. The zero-order valence-corrected chi connectivity index (χ0v) is 8.53. The van der Waals surface area contributed by atoms with E-state index in [0.717, 1.165) is 16.7 Å². The molecule has 0 saturated carbocycles. The van der Waals surface area contributed by atoms with Gasteiger partial charge in [0, 0.05) is 4.90 Å². The molecule has 8 heteroatoms. The van der Waals surface area contributed by atoms with E-state index in [1.165, 1.54) is 0 Å². The Bertz CT molecular complexity index is 468. The monoisotopic (exact) mass is 246 g/mol. The van der Waals surface area contributed by atoms with E-state index in [0.29, 0.717) is 0 Å². The average Bonchev–Trinajstić information content (AvgIpc) is 2.67. The van der Waals surface area contributed by atoms with Crippen molar-refractivity contribution in [2.24, 2.45) is 0 Å². The first-order valence-corrected chi connectivity index (χ1v) is 4.97. The smallest absolute Gasteiger partial charge is 0.147 e. The van der Waals surface area contributed by atoms with Gasteiger partial charge in [0.1, 0.15) is 0 Å². The predicted octanol–water partition coefficient (Wildman–Crippen LogP) is 2.30. The van der Waals surface area contributed by atoms with E-state index < -0.39 is 6.30 Å². The number of halogens is 3. The molecular formula is C8H5F3N4S. The van der Waals surface area contributed by atoms with E-state index in [9.17, 15) is 13.2 Å². The van der Waals surface area contributed by atoms with Crippen molar-refractivity contribution in [3.8, 4) is 0 Å². The number of alkyl halides is 3. The molecule has 0 bridgehead atoms. The Labute approximate surface area is 92.5 Å². The summed E-state index contributed by atoms with van der Waals surface area (Å²) in [5, 5.41) is 9.39. The first-order valence-electron chi connectivity index (χ1n) is 4.16. The number of hydrogen-bond acceptors (Lipinski definition) is 4. The van der Waals surface area contributed by atoms with Gasteiger partial charge in [-0.05, 0) is 29.1 Å². The highest BCUT2D eigenvalue weighted by molar-refractivity contribution is 7.99. The fourth-order valence-corrected chi connectivity index (χ4v) is 1.64. The molecule has 0 aliphatic carbocycles. The van der Waals surface area contributed by atoms with Crippen molar-refractivity contribution in [1.82, 2.24) is 20.2 Å². The third-order valence-electron chi connectivity index (χ3n) is 1.57. The Morgan fingerprint density at radius 1 is 1.12 bits per heavy atom. The number of tetrazole rings is 1. The minimum absolute atomic E-state index is 0.0384. The van der Waals surface area contributed by atoms with Crippen molar-refractivity contribution in [2.75, 3.05) is 0 Å². The highest BCUT2D eigenvalue weighted by Crippen LogP contribution is 2.25. The van der Waals surface area contributed by atoms with Gasteiger partial charge >= 0.3 is 6.30 Å².